The predicted molar refractivity (Wildman–Crippen MR) is 409 cm³/mol. The molecule has 0 fully saturated rings. The summed E-state index contributed by atoms with van der Waals surface area (Å²) in [5.74, 6) is -1.67. The molecule has 0 radical (unpaired) electrons. The molecule has 0 saturated heterocycles. The second-order valence-electron chi connectivity index (χ2n) is 27.7. The van der Waals surface area contributed by atoms with Crippen LogP contribution in [0.15, 0.2) is 48.5 Å². The fourth-order valence-electron chi connectivity index (χ4n) is 12.2. The lowest BCUT2D eigenvalue weighted by Gasteiger charge is -2.34. The maximum Gasteiger partial charge on any atom is 0.261 e. The number of amides is 4. The molecule has 0 saturated carbocycles. The first-order chi connectivity index (χ1) is 52.8. The first kappa shape index (κ1) is 91.0. The molecule has 11 unspecified atom stereocenters. The minimum Gasteiger partial charge on any atom is -0.382 e. The Morgan fingerprint density at radius 3 is 0.606 bits per heavy atom. The standard InChI is InChI=1S/C81H124N2O26/c1-55(44-101-57(3)46-100-43-42-98-41-40-97-39-38-96-37-36-95-35-34-94-33-32-93-31-30-92-29-28-91-27-26-90-24-22-88-12)82-78(84)70-18-14-66-68-16-20-72-77-73(21-17-69(75(68)77)67-15-19-71(79(82)85)76(70)74(66)67)81(87)83(80(72)86)56(2)45-102-59(5)48-104-61(7)50-106-63(9)52-108-65(11)54-109-64(10)53-107-62(8)51-105-60(6)49-103-58(4)47-99-25-23-89-13/h14-21,55-65H,22-54H2,1-13H3. The third kappa shape index (κ3) is 29.9. The molecular formula is C81H124N2O26. The van der Waals surface area contributed by atoms with Crippen molar-refractivity contribution in [3.8, 4) is 0 Å². The van der Waals surface area contributed by atoms with Crippen LogP contribution in [-0.4, -0.2) is 333 Å². The summed E-state index contributed by atoms with van der Waals surface area (Å²) in [4.78, 5) is 60.5. The fraction of sp³-hybridized carbons (Fsp3) is 0.704. The van der Waals surface area contributed by atoms with Crippen LogP contribution in [0.1, 0.15) is 118 Å². The van der Waals surface area contributed by atoms with Gasteiger partial charge in [0.25, 0.3) is 23.6 Å². The Morgan fingerprint density at radius 1 is 0.220 bits per heavy atom. The van der Waals surface area contributed by atoms with Gasteiger partial charge >= 0.3 is 0 Å². The number of methoxy groups -OCH3 is 2. The summed E-state index contributed by atoms with van der Waals surface area (Å²) in [5, 5.41) is 5.87. The molecule has 2 aliphatic heterocycles. The molecule has 109 heavy (non-hydrogen) atoms. The van der Waals surface area contributed by atoms with Gasteiger partial charge in [-0.3, -0.25) is 29.0 Å². The number of rotatable bonds is 66. The second-order valence-corrected chi connectivity index (χ2v) is 27.7. The first-order valence-corrected chi connectivity index (χ1v) is 38.7. The molecule has 0 aromatic heterocycles. The van der Waals surface area contributed by atoms with Crippen molar-refractivity contribution in [1.29, 1.82) is 0 Å². The van der Waals surface area contributed by atoms with Gasteiger partial charge < -0.3 is 104 Å². The van der Waals surface area contributed by atoms with E-state index in [-0.39, 0.29) is 81.4 Å². The zero-order valence-corrected chi connectivity index (χ0v) is 66.8. The molecule has 614 valence electrons. The van der Waals surface area contributed by atoms with Crippen molar-refractivity contribution in [2.24, 2.45) is 0 Å². The first-order valence-electron chi connectivity index (χ1n) is 38.7. The number of carbonyl (C=O) groups is 4. The molecule has 28 heteroatoms. The van der Waals surface area contributed by atoms with Gasteiger partial charge in [0.15, 0.2) is 0 Å². The Labute approximate surface area is 643 Å². The van der Waals surface area contributed by atoms with Crippen LogP contribution >= 0.6 is 0 Å². The van der Waals surface area contributed by atoms with E-state index in [2.05, 4.69) is 0 Å². The molecule has 2 heterocycles. The van der Waals surface area contributed by atoms with E-state index in [0.29, 0.717) is 225 Å². The molecular weight excluding hydrogens is 1420 g/mol. The van der Waals surface area contributed by atoms with Crippen LogP contribution in [0.5, 0.6) is 0 Å². The molecule has 7 rings (SSSR count). The Balaban J connectivity index is 0.734. The minimum atomic E-state index is -0.606. The highest BCUT2D eigenvalue weighted by Crippen LogP contribution is 2.46. The number of carbonyl (C=O) groups excluding carboxylic acids is 4. The molecule has 2 aliphatic rings. The maximum absolute atomic E-state index is 14.5. The van der Waals surface area contributed by atoms with Crippen molar-refractivity contribution >= 4 is 66.7 Å². The summed E-state index contributed by atoms with van der Waals surface area (Å²) < 4.78 is 125. The Kier molecular flexibility index (Phi) is 42.4. The average molecular weight is 1540 g/mol. The highest BCUT2D eigenvalue weighted by atomic mass is 16.6. The number of imide groups is 2. The van der Waals surface area contributed by atoms with Crippen molar-refractivity contribution in [2.75, 3.05) is 232 Å². The summed E-state index contributed by atoms with van der Waals surface area (Å²) in [5.41, 5.74) is 1.62. The minimum absolute atomic E-state index is 0.0417. The molecule has 0 spiro atoms. The SMILES string of the molecule is COCCOCCOCCOCCOCCOCCOCCOCCOCCOCCOCC(C)OCC(C)N1C(=O)c2ccc3c4ccc5c6c(ccc(c7ccc(c2c37)C1=O)c64)C(=O)N(C(C)COC(C)COC(C)COC(C)COC(C)COC(C)COC(C)COC(C)COC(C)COCCOC)C5=O. The van der Waals surface area contributed by atoms with Crippen molar-refractivity contribution in [2.45, 2.75) is 143 Å². The van der Waals surface area contributed by atoms with E-state index < -0.39 is 35.7 Å². The lowest BCUT2D eigenvalue weighted by molar-refractivity contribution is -0.110. The third-order valence-corrected chi connectivity index (χ3v) is 18.0. The molecule has 0 bridgehead atoms. The predicted octanol–water partition coefficient (Wildman–Crippen LogP) is 8.83. The van der Waals surface area contributed by atoms with E-state index >= 15 is 0 Å². The van der Waals surface area contributed by atoms with Gasteiger partial charge in [-0.2, -0.15) is 0 Å². The normalized spacial score (nSPS) is 16.5. The molecule has 0 N–H and O–H groups in total. The van der Waals surface area contributed by atoms with Gasteiger partial charge in [-0.05, 0) is 133 Å². The number of hydrogen-bond donors (Lipinski definition) is 0. The van der Waals surface area contributed by atoms with Crippen LogP contribution in [0.25, 0.3) is 43.1 Å². The average Bonchev–Trinajstić information content (AvgIpc) is 0.693. The zero-order valence-electron chi connectivity index (χ0n) is 66.8. The molecule has 5 aromatic carbocycles. The van der Waals surface area contributed by atoms with Crippen molar-refractivity contribution < 1.29 is 123 Å². The van der Waals surface area contributed by atoms with Crippen LogP contribution in [0.2, 0.25) is 0 Å². The van der Waals surface area contributed by atoms with Crippen LogP contribution in [0, 0.1) is 0 Å². The highest BCUT2D eigenvalue weighted by Gasteiger charge is 2.40. The number of nitrogens with zero attached hydrogens (tertiary/aromatic N) is 2. The van der Waals surface area contributed by atoms with Crippen molar-refractivity contribution in [3.05, 3.63) is 70.8 Å². The second kappa shape index (κ2) is 50.8. The van der Waals surface area contributed by atoms with E-state index in [0.717, 1.165) is 32.3 Å². The van der Waals surface area contributed by atoms with E-state index in [9.17, 15) is 19.2 Å². The number of ether oxygens (including phenoxy) is 22. The number of benzene rings is 5. The van der Waals surface area contributed by atoms with E-state index in [1.54, 1.807) is 52.3 Å². The van der Waals surface area contributed by atoms with E-state index in [1.165, 1.54) is 9.80 Å². The van der Waals surface area contributed by atoms with Gasteiger partial charge in [-0.1, -0.05) is 24.3 Å². The highest BCUT2D eigenvalue weighted by molar-refractivity contribution is 6.41. The summed E-state index contributed by atoms with van der Waals surface area (Å²) in [6.07, 6.45) is -1.68. The van der Waals surface area contributed by atoms with E-state index in [1.807, 2.05) is 86.6 Å². The lowest BCUT2D eigenvalue weighted by atomic mass is 9.82. The summed E-state index contributed by atoms with van der Waals surface area (Å²) in [7, 11) is 3.28. The Hall–Kier alpha value is -5.20. The molecule has 11 atom stereocenters. The fourth-order valence-corrected chi connectivity index (χ4v) is 12.2. The van der Waals surface area contributed by atoms with Gasteiger partial charge in [0, 0.05) is 47.2 Å². The smallest absolute Gasteiger partial charge is 0.261 e. The Bertz CT molecular complexity index is 3300. The van der Waals surface area contributed by atoms with E-state index in [4.69, 9.17) is 104 Å². The molecule has 0 aliphatic carbocycles. The quantitative estimate of drug-likeness (QED) is 0.0152. The molecule has 28 nitrogen and oxygen atoms in total. The number of hydrogen-bond acceptors (Lipinski definition) is 26. The summed E-state index contributed by atoms with van der Waals surface area (Å²) >= 11 is 0. The maximum atomic E-state index is 14.5. The van der Waals surface area contributed by atoms with Gasteiger partial charge in [0.1, 0.15) is 0 Å². The lowest BCUT2D eigenvalue weighted by Crippen LogP contribution is -2.48. The largest absolute Gasteiger partial charge is 0.382 e. The van der Waals surface area contributed by atoms with Gasteiger partial charge in [0.05, 0.1) is 285 Å². The van der Waals surface area contributed by atoms with Gasteiger partial charge in [-0.25, -0.2) is 0 Å². The van der Waals surface area contributed by atoms with Crippen molar-refractivity contribution in [1.82, 2.24) is 9.80 Å². The van der Waals surface area contributed by atoms with Gasteiger partial charge in [0.2, 0.25) is 0 Å². The van der Waals surface area contributed by atoms with Crippen LogP contribution in [-0.2, 0) is 104 Å². The van der Waals surface area contributed by atoms with Gasteiger partial charge in [-0.15, -0.1) is 0 Å². The molecule has 5 aromatic rings. The summed E-state index contributed by atoms with van der Waals surface area (Å²) in [6, 6.07) is 13.5. The monoisotopic (exact) mass is 1540 g/mol. The Morgan fingerprint density at radius 2 is 0.394 bits per heavy atom. The topological polar surface area (TPSA) is 278 Å². The van der Waals surface area contributed by atoms with Crippen LogP contribution in [0.3, 0.4) is 0 Å². The third-order valence-electron chi connectivity index (χ3n) is 18.0. The summed E-state index contributed by atoms with van der Waals surface area (Å²) in [6.45, 7) is 35.2. The van der Waals surface area contributed by atoms with Crippen molar-refractivity contribution in [3.63, 3.8) is 0 Å². The zero-order chi connectivity index (χ0) is 78.3. The van der Waals surface area contributed by atoms with Crippen LogP contribution < -0.4 is 0 Å². The van der Waals surface area contributed by atoms with Crippen LogP contribution in [0.4, 0.5) is 0 Å². The number of fused-ring (bicyclic) bond motifs is 2. The molecule has 4 amide bonds.